The van der Waals surface area contributed by atoms with E-state index in [1.807, 2.05) is 0 Å². The van der Waals surface area contributed by atoms with E-state index in [1.165, 1.54) is 6.54 Å². The molecule has 18 heavy (non-hydrogen) atoms. The summed E-state index contributed by atoms with van der Waals surface area (Å²) in [6.07, 6.45) is 0. The van der Waals surface area contributed by atoms with Crippen LogP contribution in [0.25, 0.3) is 0 Å². The van der Waals surface area contributed by atoms with Gasteiger partial charge >= 0.3 is 0 Å². The summed E-state index contributed by atoms with van der Waals surface area (Å²) < 4.78 is 0. The van der Waals surface area contributed by atoms with Crippen molar-refractivity contribution in [1.29, 1.82) is 0 Å². The highest BCUT2D eigenvalue weighted by molar-refractivity contribution is 4.82. The van der Waals surface area contributed by atoms with Crippen molar-refractivity contribution < 1.29 is 0 Å². The molecule has 0 aliphatic carbocycles. The van der Waals surface area contributed by atoms with Gasteiger partial charge in [-0.25, -0.2) is 0 Å². The van der Waals surface area contributed by atoms with Crippen molar-refractivity contribution in [1.82, 2.24) is 15.1 Å². The van der Waals surface area contributed by atoms with Crippen LogP contribution in [0.2, 0.25) is 0 Å². The summed E-state index contributed by atoms with van der Waals surface area (Å²) in [6, 6.07) is 0.540. The molecule has 1 N–H and O–H groups in total. The van der Waals surface area contributed by atoms with E-state index >= 15 is 0 Å². The van der Waals surface area contributed by atoms with Crippen molar-refractivity contribution >= 4 is 0 Å². The van der Waals surface area contributed by atoms with Crippen LogP contribution in [0.15, 0.2) is 0 Å². The lowest BCUT2D eigenvalue weighted by atomic mass is 9.86. The molecule has 1 atom stereocenters. The van der Waals surface area contributed by atoms with Crippen LogP contribution in [-0.2, 0) is 0 Å². The summed E-state index contributed by atoms with van der Waals surface area (Å²) in [5.74, 6) is 0.727. The molecule has 0 aliphatic heterocycles. The minimum absolute atomic E-state index is 0.308. The van der Waals surface area contributed by atoms with Gasteiger partial charge in [0.05, 0.1) is 0 Å². The first-order valence-electron chi connectivity index (χ1n) is 7.21. The maximum absolute atomic E-state index is 3.48. The SMILES string of the molecule is CNC(CN(CCN(C)C)CC(C)C)C(C)(C)C. The molecule has 1 unspecified atom stereocenters. The Morgan fingerprint density at radius 1 is 1.00 bits per heavy atom. The normalized spacial score (nSPS) is 14.8. The monoisotopic (exact) mass is 257 g/mol. The second kappa shape index (κ2) is 8.13. The number of likely N-dealkylation sites (N-methyl/N-ethyl adjacent to an activating group) is 2. The lowest BCUT2D eigenvalue weighted by Crippen LogP contribution is -2.49. The number of hydrogen-bond donors (Lipinski definition) is 1. The third kappa shape index (κ3) is 8.06. The number of nitrogens with one attached hydrogen (secondary N) is 1. The fourth-order valence-electron chi connectivity index (χ4n) is 2.17. The zero-order valence-corrected chi connectivity index (χ0v) is 13.9. The van der Waals surface area contributed by atoms with Crippen molar-refractivity contribution in [3.05, 3.63) is 0 Å². The van der Waals surface area contributed by atoms with Crippen molar-refractivity contribution in [2.75, 3.05) is 47.3 Å². The molecule has 0 bridgehead atoms. The Morgan fingerprint density at radius 3 is 1.89 bits per heavy atom. The molecule has 0 spiro atoms. The van der Waals surface area contributed by atoms with Crippen LogP contribution in [0.5, 0.6) is 0 Å². The molecule has 0 aromatic rings. The van der Waals surface area contributed by atoms with E-state index in [0.29, 0.717) is 11.5 Å². The van der Waals surface area contributed by atoms with Gasteiger partial charge in [-0.15, -0.1) is 0 Å². The summed E-state index contributed by atoms with van der Waals surface area (Å²) in [4.78, 5) is 4.86. The van der Waals surface area contributed by atoms with Crippen LogP contribution in [0.4, 0.5) is 0 Å². The van der Waals surface area contributed by atoms with Crippen molar-refractivity contribution in [3.8, 4) is 0 Å². The predicted octanol–water partition coefficient (Wildman–Crippen LogP) is 2.14. The lowest BCUT2D eigenvalue weighted by Gasteiger charge is -2.36. The van der Waals surface area contributed by atoms with E-state index in [0.717, 1.165) is 25.6 Å². The molecular formula is C15H35N3. The highest BCUT2D eigenvalue weighted by Crippen LogP contribution is 2.20. The zero-order valence-electron chi connectivity index (χ0n) is 13.9. The highest BCUT2D eigenvalue weighted by Gasteiger charge is 2.25. The maximum Gasteiger partial charge on any atom is 0.0240 e. The van der Waals surface area contributed by atoms with Crippen LogP contribution in [-0.4, -0.2) is 63.2 Å². The van der Waals surface area contributed by atoms with Gasteiger partial charge in [-0.2, -0.15) is 0 Å². The summed E-state index contributed by atoms with van der Waals surface area (Å²) >= 11 is 0. The van der Waals surface area contributed by atoms with E-state index in [9.17, 15) is 0 Å². The number of rotatable bonds is 8. The first-order valence-corrected chi connectivity index (χ1v) is 7.21. The molecule has 0 rings (SSSR count). The quantitative estimate of drug-likeness (QED) is 0.719. The molecular weight excluding hydrogens is 222 g/mol. The van der Waals surface area contributed by atoms with E-state index in [4.69, 9.17) is 0 Å². The van der Waals surface area contributed by atoms with Crippen LogP contribution in [0, 0.1) is 11.3 Å². The highest BCUT2D eigenvalue weighted by atomic mass is 15.2. The molecule has 0 fully saturated rings. The summed E-state index contributed by atoms with van der Waals surface area (Å²) in [6.45, 7) is 16.1. The standard InChI is InChI=1S/C15H35N3/c1-13(2)11-18(10-9-17(7)8)12-14(16-6)15(3,4)5/h13-14,16H,9-12H2,1-8H3. The molecule has 0 saturated carbocycles. The first kappa shape index (κ1) is 17.9. The fourth-order valence-corrected chi connectivity index (χ4v) is 2.17. The van der Waals surface area contributed by atoms with Gasteiger partial charge in [-0.3, -0.25) is 0 Å². The average Bonchev–Trinajstić information content (AvgIpc) is 2.19. The molecule has 0 radical (unpaired) electrons. The van der Waals surface area contributed by atoms with Crippen LogP contribution < -0.4 is 5.32 Å². The molecule has 0 aliphatic rings. The average molecular weight is 257 g/mol. The molecule has 0 aromatic heterocycles. The molecule has 3 nitrogen and oxygen atoms in total. The van der Waals surface area contributed by atoms with Crippen molar-refractivity contribution in [2.24, 2.45) is 11.3 Å². The van der Waals surface area contributed by atoms with E-state index in [2.05, 4.69) is 70.9 Å². The minimum Gasteiger partial charge on any atom is -0.315 e. The molecule has 0 saturated heterocycles. The Morgan fingerprint density at radius 2 is 1.56 bits per heavy atom. The summed E-state index contributed by atoms with van der Waals surface area (Å²) in [5, 5.41) is 3.48. The molecule has 0 aromatic carbocycles. The second-order valence-electron chi connectivity index (χ2n) is 7.16. The van der Waals surface area contributed by atoms with Gasteiger partial charge in [0, 0.05) is 32.2 Å². The van der Waals surface area contributed by atoms with Crippen molar-refractivity contribution in [2.45, 2.75) is 40.7 Å². The Balaban J connectivity index is 4.45. The fraction of sp³-hybridized carbons (Fsp3) is 1.00. The topological polar surface area (TPSA) is 18.5 Å². The van der Waals surface area contributed by atoms with Gasteiger partial charge in [0.1, 0.15) is 0 Å². The van der Waals surface area contributed by atoms with Gasteiger partial charge in [-0.1, -0.05) is 34.6 Å². The molecule has 110 valence electrons. The van der Waals surface area contributed by atoms with Gasteiger partial charge in [0.2, 0.25) is 0 Å². The first-order chi connectivity index (χ1) is 8.16. The van der Waals surface area contributed by atoms with Gasteiger partial charge < -0.3 is 15.1 Å². The third-order valence-corrected chi connectivity index (χ3v) is 3.32. The lowest BCUT2D eigenvalue weighted by molar-refractivity contribution is 0.156. The Labute approximate surface area is 115 Å². The summed E-state index contributed by atoms with van der Waals surface area (Å²) in [5.41, 5.74) is 0.308. The molecule has 0 heterocycles. The zero-order chi connectivity index (χ0) is 14.3. The smallest absolute Gasteiger partial charge is 0.0240 e. The van der Waals surface area contributed by atoms with Crippen LogP contribution >= 0.6 is 0 Å². The largest absolute Gasteiger partial charge is 0.315 e. The Hall–Kier alpha value is -0.120. The van der Waals surface area contributed by atoms with Gasteiger partial charge in [0.25, 0.3) is 0 Å². The summed E-state index contributed by atoms with van der Waals surface area (Å²) in [7, 11) is 6.37. The van der Waals surface area contributed by atoms with Crippen LogP contribution in [0.3, 0.4) is 0 Å². The Bertz CT molecular complexity index is 206. The Kier molecular flexibility index (Phi) is 8.08. The predicted molar refractivity (Wildman–Crippen MR) is 82.1 cm³/mol. The van der Waals surface area contributed by atoms with E-state index in [-0.39, 0.29) is 0 Å². The van der Waals surface area contributed by atoms with E-state index in [1.54, 1.807) is 0 Å². The van der Waals surface area contributed by atoms with Crippen molar-refractivity contribution in [3.63, 3.8) is 0 Å². The van der Waals surface area contributed by atoms with Crippen LogP contribution in [0.1, 0.15) is 34.6 Å². The maximum atomic E-state index is 3.48. The minimum atomic E-state index is 0.308. The second-order valence-corrected chi connectivity index (χ2v) is 7.16. The van der Waals surface area contributed by atoms with E-state index < -0.39 is 0 Å². The van der Waals surface area contributed by atoms with Gasteiger partial charge in [-0.05, 0) is 32.5 Å². The molecule has 0 amide bonds. The number of hydrogen-bond acceptors (Lipinski definition) is 3. The number of nitrogens with zero attached hydrogens (tertiary/aromatic N) is 2. The molecule has 3 heteroatoms. The van der Waals surface area contributed by atoms with Gasteiger partial charge in [0.15, 0.2) is 0 Å². The third-order valence-electron chi connectivity index (χ3n) is 3.32.